The topological polar surface area (TPSA) is 52.6 Å². The molecule has 0 amide bonds. The average molecular weight is 394 g/mol. The Hall–Kier alpha value is -2.22. The van der Waals surface area contributed by atoms with Crippen LogP contribution in [0.3, 0.4) is 0 Å². The molecular weight excluding hydrogens is 368 g/mol. The van der Waals surface area contributed by atoms with Gasteiger partial charge in [-0.15, -0.1) is 11.3 Å². The van der Waals surface area contributed by atoms with Crippen molar-refractivity contribution in [1.29, 1.82) is 0 Å². The molecule has 0 radical (unpaired) electrons. The van der Waals surface area contributed by atoms with E-state index in [0.29, 0.717) is 18.8 Å². The summed E-state index contributed by atoms with van der Waals surface area (Å²) in [6, 6.07) is 3.89. The smallest absolute Gasteiger partial charge is 0.191 e. The molecular formula is C19H25F2N5S. The summed E-state index contributed by atoms with van der Waals surface area (Å²) in [6.45, 7) is 6.87. The quantitative estimate of drug-likeness (QED) is 0.585. The van der Waals surface area contributed by atoms with E-state index >= 15 is 0 Å². The zero-order chi connectivity index (χ0) is 19.2. The van der Waals surface area contributed by atoms with Crippen LogP contribution in [-0.4, -0.2) is 43.2 Å². The van der Waals surface area contributed by atoms with Crippen molar-refractivity contribution in [2.24, 2.45) is 4.99 Å². The number of guanidine groups is 1. The molecule has 8 heteroatoms. The Kier molecular flexibility index (Phi) is 6.60. The van der Waals surface area contributed by atoms with E-state index in [-0.39, 0.29) is 6.04 Å². The van der Waals surface area contributed by atoms with Crippen LogP contribution in [0.2, 0.25) is 0 Å². The molecule has 2 heterocycles. The molecule has 0 spiro atoms. The van der Waals surface area contributed by atoms with Crippen LogP contribution in [-0.2, 0) is 6.42 Å². The van der Waals surface area contributed by atoms with Gasteiger partial charge in [0.05, 0.1) is 10.7 Å². The fourth-order valence-electron chi connectivity index (χ4n) is 3.13. The first-order valence-corrected chi connectivity index (χ1v) is 10.0. The van der Waals surface area contributed by atoms with Crippen LogP contribution in [0, 0.1) is 18.6 Å². The SMILES string of the molecule is CCNC(=NCCc1ncc(C)s1)NC1CCN(c2ccc(F)cc2F)C1. The Balaban J connectivity index is 1.55. The molecule has 1 saturated heterocycles. The summed E-state index contributed by atoms with van der Waals surface area (Å²) < 4.78 is 27.1. The summed E-state index contributed by atoms with van der Waals surface area (Å²) in [5, 5.41) is 7.77. The number of halogens is 2. The second-order valence-electron chi connectivity index (χ2n) is 6.55. The molecule has 1 aromatic heterocycles. The van der Waals surface area contributed by atoms with Crippen LogP contribution in [0.15, 0.2) is 29.4 Å². The molecule has 0 bridgehead atoms. The van der Waals surface area contributed by atoms with E-state index in [4.69, 9.17) is 0 Å². The number of aliphatic imine (C=N–C) groups is 1. The first-order valence-electron chi connectivity index (χ1n) is 9.21. The number of benzene rings is 1. The molecule has 1 fully saturated rings. The number of anilines is 1. The minimum Gasteiger partial charge on any atom is -0.367 e. The number of aryl methyl sites for hydroxylation is 1. The summed E-state index contributed by atoms with van der Waals surface area (Å²) in [5.74, 6) is -0.311. The maximum absolute atomic E-state index is 14.0. The van der Waals surface area contributed by atoms with Gasteiger partial charge in [-0.3, -0.25) is 4.99 Å². The lowest BCUT2D eigenvalue weighted by atomic mass is 10.2. The molecule has 2 N–H and O–H groups in total. The predicted molar refractivity (Wildman–Crippen MR) is 107 cm³/mol. The van der Waals surface area contributed by atoms with Crippen molar-refractivity contribution in [1.82, 2.24) is 15.6 Å². The fourth-order valence-corrected chi connectivity index (χ4v) is 3.90. The third kappa shape index (κ3) is 5.38. The molecule has 27 heavy (non-hydrogen) atoms. The number of aromatic nitrogens is 1. The lowest BCUT2D eigenvalue weighted by molar-refractivity contribution is 0.580. The van der Waals surface area contributed by atoms with Crippen molar-refractivity contribution in [3.05, 3.63) is 45.9 Å². The van der Waals surface area contributed by atoms with Crippen molar-refractivity contribution in [3.63, 3.8) is 0 Å². The van der Waals surface area contributed by atoms with Crippen molar-refractivity contribution in [2.45, 2.75) is 32.7 Å². The van der Waals surface area contributed by atoms with Crippen LogP contribution in [0.1, 0.15) is 23.2 Å². The van der Waals surface area contributed by atoms with Crippen LogP contribution in [0.25, 0.3) is 0 Å². The predicted octanol–water partition coefficient (Wildman–Crippen LogP) is 3.11. The van der Waals surface area contributed by atoms with Gasteiger partial charge < -0.3 is 15.5 Å². The molecule has 5 nitrogen and oxygen atoms in total. The van der Waals surface area contributed by atoms with Crippen molar-refractivity contribution < 1.29 is 8.78 Å². The van der Waals surface area contributed by atoms with Gasteiger partial charge >= 0.3 is 0 Å². The van der Waals surface area contributed by atoms with Crippen LogP contribution >= 0.6 is 11.3 Å². The van der Waals surface area contributed by atoms with Gasteiger partial charge in [0.25, 0.3) is 0 Å². The maximum Gasteiger partial charge on any atom is 0.191 e. The molecule has 3 rings (SSSR count). The average Bonchev–Trinajstić information content (AvgIpc) is 3.24. The van der Waals surface area contributed by atoms with Gasteiger partial charge in [-0.2, -0.15) is 0 Å². The minimum absolute atomic E-state index is 0.161. The van der Waals surface area contributed by atoms with Crippen LogP contribution in [0.5, 0.6) is 0 Å². The van der Waals surface area contributed by atoms with Gasteiger partial charge in [-0.1, -0.05) is 0 Å². The van der Waals surface area contributed by atoms with Gasteiger partial charge in [0.15, 0.2) is 5.96 Å². The van der Waals surface area contributed by atoms with Crippen molar-refractivity contribution in [3.8, 4) is 0 Å². The van der Waals surface area contributed by atoms with Gasteiger partial charge in [0, 0.05) is 55.8 Å². The van der Waals surface area contributed by atoms with Gasteiger partial charge in [0.1, 0.15) is 11.6 Å². The number of nitrogens with zero attached hydrogens (tertiary/aromatic N) is 3. The van der Waals surface area contributed by atoms with Gasteiger partial charge in [0.2, 0.25) is 0 Å². The largest absolute Gasteiger partial charge is 0.367 e. The highest BCUT2D eigenvalue weighted by Gasteiger charge is 2.25. The van der Waals surface area contributed by atoms with Gasteiger partial charge in [-0.05, 0) is 32.4 Å². The molecule has 1 unspecified atom stereocenters. The number of nitrogens with one attached hydrogen (secondary N) is 2. The molecule has 0 saturated carbocycles. The second kappa shape index (κ2) is 9.12. The zero-order valence-electron chi connectivity index (χ0n) is 15.6. The summed E-state index contributed by atoms with van der Waals surface area (Å²) in [5.41, 5.74) is 0.446. The van der Waals surface area contributed by atoms with Crippen molar-refractivity contribution in [2.75, 3.05) is 31.1 Å². The highest BCUT2D eigenvalue weighted by Crippen LogP contribution is 2.24. The van der Waals surface area contributed by atoms with Crippen LogP contribution in [0.4, 0.5) is 14.5 Å². The lowest BCUT2D eigenvalue weighted by Crippen LogP contribution is -2.44. The maximum atomic E-state index is 14.0. The number of hydrogen-bond donors (Lipinski definition) is 2. The number of hydrogen-bond acceptors (Lipinski definition) is 4. The van der Waals surface area contributed by atoms with Crippen LogP contribution < -0.4 is 15.5 Å². The Bertz CT molecular complexity index is 792. The normalized spacial score (nSPS) is 17.4. The van der Waals surface area contributed by atoms with Crippen molar-refractivity contribution >= 4 is 23.0 Å². The second-order valence-corrected chi connectivity index (χ2v) is 7.87. The van der Waals surface area contributed by atoms with E-state index in [1.54, 1.807) is 11.3 Å². The molecule has 1 aromatic carbocycles. The van der Waals surface area contributed by atoms with E-state index in [1.165, 1.54) is 17.0 Å². The first-order chi connectivity index (χ1) is 13.0. The molecule has 1 aliphatic heterocycles. The monoisotopic (exact) mass is 393 g/mol. The number of rotatable bonds is 6. The molecule has 2 aromatic rings. The van der Waals surface area contributed by atoms with E-state index in [0.717, 1.165) is 43.0 Å². The summed E-state index contributed by atoms with van der Waals surface area (Å²) >= 11 is 1.70. The van der Waals surface area contributed by atoms with E-state index in [9.17, 15) is 8.78 Å². The highest BCUT2D eigenvalue weighted by molar-refractivity contribution is 7.11. The Morgan fingerprint density at radius 1 is 1.41 bits per heavy atom. The molecule has 146 valence electrons. The van der Waals surface area contributed by atoms with E-state index < -0.39 is 11.6 Å². The summed E-state index contributed by atoms with van der Waals surface area (Å²) in [4.78, 5) is 12.1. The lowest BCUT2D eigenvalue weighted by Gasteiger charge is -2.21. The van der Waals surface area contributed by atoms with E-state index in [1.807, 2.05) is 24.9 Å². The summed E-state index contributed by atoms with van der Waals surface area (Å²) in [7, 11) is 0. The Morgan fingerprint density at radius 2 is 2.26 bits per heavy atom. The molecule has 1 atom stereocenters. The number of thiazole rings is 1. The van der Waals surface area contributed by atoms with Gasteiger partial charge in [-0.25, -0.2) is 13.8 Å². The molecule has 0 aliphatic carbocycles. The zero-order valence-corrected chi connectivity index (χ0v) is 16.5. The Labute approximate surface area is 162 Å². The summed E-state index contributed by atoms with van der Waals surface area (Å²) in [6.07, 6.45) is 3.56. The fraction of sp³-hybridized carbons (Fsp3) is 0.474. The Morgan fingerprint density at radius 3 is 2.96 bits per heavy atom. The highest BCUT2D eigenvalue weighted by atomic mass is 32.1. The van der Waals surface area contributed by atoms with E-state index in [2.05, 4.69) is 20.6 Å². The molecule has 1 aliphatic rings. The third-order valence-electron chi connectivity index (χ3n) is 4.39. The standard InChI is InChI=1S/C19H25F2N5S/c1-3-22-19(23-8-6-18-24-11-13(2)27-18)25-15-7-9-26(12-15)17-5-4-14(20)10-16(17)21/h4-5,10-11,15H,3,6-9,12H2,1-2H3,(H2,22,23,25). The third-order valence-corrected chi connectivity index (χ3v) is 5.36. The first kappa shape index (κ1) is 19.5. The minimum atomic E-state index is -0.554.